The lowest BCUT2D eigenvalue weighted by Crippen LogP contribution is -2.20. The number of H-pyrrole nitrogens is 1. The van der Waals surface area contributed by atoms with Gasteiger partial charge in [0.15, 0.2) is 0 Å². The molecule has 6 nitrogen and oxygen atoms in total. The molecule has 0 aliphatic carbocycles. The molecule has 254 valence electrons. The Labute approximate surface area is 279 Å². The van der Waals surface area contributed by atoms with Gasteiger partial charge in [-0.2, -0.15) is 0 Å². The quantitative estimate of drug-likeness (QED) is 0.0558. The van der Waals surface area contributed by atoms with Gasteiger partial charge in [-0.05, 0) is 68.5 Å². The molecule has 3 unspecified atom stereocenters. The van der Waals surface area contributed by atoms with Crippen LogP contribution in [0, 0.1) is 0 Å². The summed E-state index contributed by atoms with van der Waals surface area (Å²) in [6.07, 6.45) is 23.2. The van der Waals surface area contributed by atoms with Crippen molar-refractivity contribution in [1.29, 1.82) is 0 Å². The summed E-state index contributed by atoms with van der Waals surface area (Å²) in [7, 11) is 9.08. The molecule has 0 saturated heterocycles. The molecule has 0 aliphatic rings. The largest absolute Gasteiger partial charge is 0.449 e. The van der Waals surface area contributed by atoms with Gasteiger partial charge in [0, 0.05) is 35.5 Å². The van der Waals surface area contributed by atoms with E-state index < -0.39 is 0 Å². The Morgan fingerprint density at radius 2 is 1.66 bits per heavy atom. The Morgan fingerprint density at radius 3 is 2.18 bits per heavy atom. The SMILES string of the molecule is C=c1[nH]c(C(/C=C\C)=C/CC(C)OC)c/c1=C/C(P)=C(/P)CC.CC.CCCCCCCCCCCCOC(=O)NSNC. The monoisotopic (exact) mass is 669 g/mol. The topological polar surface area (TPSA) is 75.4 Å². The minimum Gasteiger partial charge on any atom is -0.449 e. The zero-order chi connectivity index (χ0) is 33.6. The zero-order valence-electron chi connectivity index (χ0n) is 29.2. The van der Waals surface area contributed by atoms with Crippen LogP contribution in [0.1, 0.15) is 124 Å². The number of allylic oxidation sites excluding steroid dienone is 5. The van der Waals surface area contributed by atoms with Gasteiger partial charge in [0.1, 0.15) is 0 Å². The number of ether oxygens (including phenoxy) is 2. The van der Waals surface area contributed by atoms with Crippen LogP contribution in [0.2, 0.25) is 0 Å². The minimum absolute atomic E-state index is 0.210. The first-order valence-electron chi connectivity index (χ1n) is 16.5. The molecule has 0 bridgehead atoms. The van der Waals surface area contributed by atoms with Crippen LogP contribution in [-0.4, -0.2) is 37.9 Å². The maximum absolute atomic E-state index is 11.1. The molecule has 1 aromatic heterocycles. The van der Waals surface area contributed by atoms with Gasteiger partial charge in [-0.25, -0.2) is 9.52 Å². The van der Waals surface area contributed by atoms with Crippen LogP contribution in [0.5, 0.6) is 0 Å². The van der Waals surface area contributed by atoms with Gasteiger partial charge in [-0.1, -0.05) is 110 Å². The third kappa shape index (κ3) is 23.9. The summed E-state index contributed by atoms with van der Waals surface area (Å²) < 4.78 is 15.6. The first kappa shape index (κ1) is 44.8. The van der Waals surface area contributed by atoms with E-state index in [1.165, 1.54) is 62.0 Å². The summed E-state index contributed by atoms with van der Waals surface area (Å²) in [6, 6.07) is 2.16. The maximum atomic E-state index is 11.1. The normalized spacial score (nSPS) is 13.0. The predicted molar refractivity (Wildman–Crippen MR) is 205 cm³/mol. The fourth-order valence-electron chi connectivity index (χ4n) is 3.98. The van der Waals surface area contributed by atoms with Crippen molar-refractivity contribution in [2.45, 2.75) is 125 Å². The van der Waals surface area contributed by atoms with E-state index in [2.05, 4.69) is 90.6 Å². The van der Waals surface area contributed by atoms with Crippen LogP contribution in [0.3, 0.4) is 0 Å². The van der Waals surface area contributed by atoms with Gasteiger partial charge in [0.25, 0.3) is 0 Å². The lowest BCUT2D eigenvalue weighted by Gasteiger charge is -2.06. The van der Waals surface area contributed by atoms with Crippen molar-refractivity contribution in [1.82, 2.24) is 14.4 Å². The molecular weight excluding hydrogens is 604 g/mol. The minimum atomic E-state index is -0.365. The third-order valence-electron chi connectivity index (χ3n) is 6.69. The van der Waals surface area contributed by atoms with Crippen molar-refractivity contribution in [3.05, 3.63) is 51.2 Å². The van der Waals surface area contributed by atoms with Gasteiger partial charge < -0.3 is 14.5 Å². The number of unbranched alkanes of at least 4 members (excludes halogenated alkanes) is 9. The standard InChI is InChI=1S/C19H29NOP2.C14H30N2O2S.C2H6/c1-6-8-15(10-9-13(3)21-5)17-11-16(14(4)20-17)12-19(23)18(22)7-2;1-3-4-5-6-7-8-9-10-11-12-13-18-14(17)16-19-15-2;1-2/h6,8,10-13,20H,4,7,9,22-23H2,1-3,5H3;15H,3-13H2,1-2H3,(H,16,17);1-2H3/b8-6-,15-10+,16-12-,19-18-;;. The summed E-state index contributed by atoms with van der Waals surface area (Å²) >= 11 is 1.12. The predicted octanol–water partition coefficient (Wildman–Crippen LogP) is 9.40. The molecule has 1 aromatic rings. The Kier molecular flexibility index (Phi) is 32.2. The molecule has 9 heteroatoms. The number of hydrogen-bond acceptors (Lipinski definition) is 5. The van der Waals surface area contributed by atoms with E-state index in [9.17, 15) is 4.79 Å². The zero-order valence-corrected chi connectivity index (χ0v) is 32.3. The summed E-state index contributed by atoms with van der Waals surface area (Å²) in [4.78, 5) is 14.5. The van der Waals surface area contributed by atoms with Crippen LogP contribution in [0.15, 0.2) is 34.9 Å². The number of amides is 1. The molecule has 0 saturated carbocycles. The molecule has 0 aromatic carbocycles. The van der Waals surface area contributed by atoms with Gasteiger partial charge in [-0.15, -0.1) is 18.5 Å². The molecule has 3 N–H and O–H groups in total. The van der Waals surface area contributed by atoms with Crippen molar-refractivity contribution in [2.24, 2.45) is 0 Å². The van der Waals surface area contributed by atoms with Gasteiger partial charge in [0.2, 0.25) is 0 Å². The van der Waals surface area contributed by atoms with E-state index in [4.69, 9.17) is 9.47 Å². The van der Waals surface area contributed by atoms with Gasteiger partial charge in [-0.3, -0.25) is 4.72 Å². The molecule has 0 aliphatic heterocycles. The number of aromatic nitrogens is 1. The van der Waals surface area contributed by atoms with Crippen LogP contribution < -0.4 is 20.0 Å². The van der Waals surface area contributed by atoms with Crippen LogP contribution in [0.4, 0.5) is 4.79 Å². The highest BCUT2D eigenvalue weighted by Crippen LogP contribution is 2.22. The second-order valence-corrected chi connectivity index (χ2v) is 12.4. The summed E-state index contributed by atoms with van der Waals surface area (Å²) in [6.45, 7) is 17.2. The molecule has 1 amide bonds. The number of carbonyl (C=O) groups is 1. The first-order valence-corrected chi connectivity index (χ1v) is 18.5. The molecule has 1 rings (SSSR count). The molecule has 0 fully saturated rings. The smallest absolute Gasteiger partial charge is 0.418 e. The number of carbonyl (C=O) groups excluding carboxylic acids is 1. The second kappa shape index (κ2) is 31.6. The van der Waals surface area contributed by atoms with E-state index in [0.717, 1.165) is 59.7 Å². The van der Waals surface area contributed by atoms with E-state index in [1.807, 2.05) is 20.8 Å². The van der Waals surface area contributed by atoms with Crippen molar-refractivity contribution in [3.8, 4) is 0 Å². The average molecular weight is 670 g/mol. The number of aromatic amines is 1. The number of hydrogen-bond donors (Lipinski definition) is 3. The van der Waals surface area contributed by atoms with Crippen molar-refractivity contribution < 1.29 is 14.3 Å². The highest BCUT2D eigenvalue weighted by Gasteiger charge is 2.04. The average Bonchev–Trinajstić information content (AvgIpc) is 3.40. The van der Waals surface area contributed by atoms with E-state index >= 15 is 0 Å². The van der Waals surface area contributed by atoms with Gasteiger partial charge in [0.05, 0.1) is 12.7 Å². The third-order valence-corrected chi connectivity index (χ3v) is 8.78. The van der Waals surface area contributed by atoms with Crippen molar-refractivity contribution >= 4 is 54.9 Å². The van der Waals surface area contributed by atoms with Crippen LogP contribution in [-0.2, 0) is 9.47 Å². The first-order chi connectivity index (χ1) is 21.2. The van der Waals surface area contributed by atoms with E-state index in [1.54, 1.807) is 14.2 Å². The highest BCUT2D eigenvalue weighted by atomic mass is 32.2. The fourth-order valence-corrected chi connectivity index (χ4v) is 4.69. The van der Waals surface area contributed by atoms with Crippen LogP contribution >= 0.6 is 30.6 Å². The molecule has 3 atom stereocenters. The Hall–Kier alpha value is -1.36. The lowest BCUT2D eigenvalue weighted by molar-refractivity contribution is 0.121. The molecule has 44 heavy (non-hydrogen) atoms. The second-order valence-electron chi connectivity index (χ2n) is 10.3. The van der Waals surface area contributed by atoms with E-state index in [-0.39, 0.29) is 12.2 Å². The summed E-state index contributed by atoms with van der Waals surface area (Å²) in [5.74, 6) is 0. The summed E-state index contributed by atoms with van der Waals surface area (Å²) in [5.41, 5.74) is 2.25. The maximum Gasteiger partial charge on any atom is 0.418 e. The van der Waals surface area contributed by atoms with Crippen molar-refractivity contribution in [2.75, 3.05) is 20.8 Å². The lowest BCUT2D eigenvalue weighted by atomic mass is 10.1. The fraction of sp³-hybridized carbons (Fsp3) is 0.629. The van der Waals surface area contributed by atoms with Crippen LogP contribution in [0.25, 0.3) is 18.2 Å². The van der Waals surface area contributed by atoms with Gasteiger partial charge >= 0.3 is 6.09 Å². The molecule has 0 spiro atoms. The highest BCUT2D eigenvalue weighted by molar-refractivity contribution is 7.95. The number of methoxy groups -OCH3 is 1. The Bertz CT molecular complexity index is 1050. The van der Waals surface area contributed by atoms with Crippen molar-refractivity contribution in [3.63, 3.8) is 0 Å². The summed E-state index contributed by atoms with van der Waals surface area (Å²) in [5, 5.41) is 4.53. The number of rotatable bonds is 20. The molecule has 1 heterocycles. The Morgan fingerprint density at radius 1 is 1.07 bits per heavy atom. The molecular formula is C35H65N3O3P2S. The molecule has 0 radical (unpaired) electrons. The number of nitrogens with one attached hydrogen (secondary N) is 3. The Balaban J connectivity index is 0. The van der Waals surface area contributed by atoms with E-state index in [0.29, 0.717) is 6.61 Å².